The van der Waals surface area contributed by atoms with Crippen molar-refractivity contribution in [1.82, 2.24) is 0 Å². The minimum atomic E-state index is -1.12. The fourth-order valence-electron chi connectivity index (χ4n) is 2.11. The zero-order valence-electron chi connectivity index (χ0n) is 8.43. The number of halogens is 2. The topological polar surface area (TPSA) is 46.5 Å². The third-order valence-electron chi connectivity index (χ3n) is 2.72. The van der Waals surface area contributed by atoms with E-state index in [4.69, 9.17) is 16.7 Å². The van der Waals surface area contributed by atoms with Crippen LogP contribution in [-0.4, -0.2) is 17.9 Å². The van der Waals surface area contributed by atoms with Gasteiger partial charge in [-0.2, -0.15) is 0 Å². The highest BCUT2D eigenvalue weighted by molar-refractivity contribution is 6.32. The van der Waals surface area contributed by atoms with Crippen LogP contribution in [0.1, 0.15) is 27.9 Å². The maximum absolute atomic E-state index is 12.2. The van der Waals surface area contributed by atoms with Crippen LogP contribution in [0.25, 0.3) is 0 Å². The molecule has 0 aromatic heterocycles. The third-order valence-corrected chi connectivity index (χ3v) is 3.00. The molecule has 0 aliphatic heterocycles. The van der Waals surface area contributed by atoms with E-state index in [1.165, 1.54) is 0 Å². The van der Waals surface area contributed by atoms with Gasteiger partial charge < -0.3 is 9.84 Å². The molecule has 1 aliphatic rings. The summed E-state index contributed by atoms with van der Waals surface area (Å²) in [6.45, 7) is -1.08. The minimum Gasteiger partial charge on any atom is -0.478 e. The predicted molar refractivity (Wildman–Crippen MR) is 57.0 cm³/mol. The second-order valence-electron chi connectivity index (χ2n) is 3.61. The number of benzene rings is 1. The van der Waals surface area contributed by atoms with Crippen LogP contribution in [0.15, 0.2) is 6.07 Å². The van der Waals surface area contributed by atoms with Crippen molar-refractivity contribution in [2.45, 2.75) is 19.3 Å². The van der Waals surface area contributed by atoms with Crippen LogP contribution in [0.2, 0.25) is 5.02 Å². The highest BCUT2D eigenvalue weighted by Crippen LogP contribution is 2.38. The van der Waals surface area contributed by atoms with Gasteiger partial charge in [-0.1, -0.05) is 11.6 Å². The van der Waals surface area contributed by atoms with Gasteiger partial charge in [0, 0.05) is 0 Å². The molecule has 0 radical (unpaired) electrons. The van der Waals surface area contributed by atoms with Gasteiger partial charge in [-0.15, -0.1) is 0 Å². The summed E-state index contributed by atoms with van der Waals surface area (Å²) in [4.78, 5) is 11.1. The first-order chi connectivity index (χ1) is 7.65. The number of rotatable bonds is 3. The molecule has 1 aliphatic carbocycles. The SMILES string of the molecule is O=C(O)c1c2c(cc(Cl)c1OCF)CCC2. The average molecular weight is 245 g/mol. The van der Waals surface area contributed by atoms with E-state index in [1.807, 2.05) is 0 Å². The molecule has 0 spiro atoms. The molecule has 1 N–H and O–H groups in total. The molecule has 1 aromatic carbocycles. The van der Waals surface area contributed by atoms with Gasteiger partial charge in [0.15, 0.2) is 5.75 Å². The number of alkyl halides is 1. The van der Waals surface area contributed by atoms with Crippen LogP contribution in [-0.2, 0) is 12.8 Å². The number of aromatic carboxylic acids is 1. The van der Waals surface area contributed by atoms with E-state index in [-0.39, 0.29) is 16.3 Å². The van der Waals surface area contributed by atoms with Crippen molar-refractivity contribution in [2.24, 2.45) is 0 Å². The standard InChI is InChI=1S/C11H10ClFO3/c12-8-4-6-2-1-3-7(6)9(11(14)15)10(8)16-5-13/h4H,1-3,5H2,(H,14,15). The smallest absolute Gasteiger partial charge is 0.339 e. The largest absolute Gasteiger partial charge is 0.478 e. The first kappa shape index (κ1) is 11.2. The van der Waals surface area contributed by atoms with Gasteiger partial charge in [0.2, 0.25) is 6.86 Å². The van der Waals surface area contributed by atoms with Crippen LogP contribution < -0.4 is 4.74 Å². The van der Waals surface area contributed by atoms with Crippen LogP contribution in [0, 0.1) is 0 Å². The van der Waals surface area contributed by atoms with Crippen molar-refractivity contribution in [1.29, 1.82) is 0 Å². The van der Waals surface area contributed by atoms with Gasteiger partial charge in [-0.05, 0) is 36.5 Å². The molecule has 0 bridgehead atoms. The summed E-state index contributed by atoms with van der Waals surface area (Å²) in [7, 11) is 0. The molecular formula is C11H10ClFO3. The summed E-state index contributed by atoms with van der Waals surface area (Å²) in [6.07, 6.45) is 2.38. The number of ether oxygens (including phenoxy) is 1. The molecule has 0 atom stereocenters. The van der Waals surface area contributed by atoms with Crippen molar-refractivity contribution < 1.29 is 19.0 Å². The average Bonchev–Trinajstić information content (AvgIpc) is 2.65. The number of hydrogen-bond donors (Lipinski definition) is 1. The fraction of sp³-hybridized carbons (Fsp3) is 0.364. The second-order valence-corrected chi connectivity index (χ2v) is 4.02. The third kappa shape index (κ3) is 1.73. The van der Waals surface area contributed by atoms with E-state index < -0.39 is 12.8 Å². The lowest BCUT2D eigenvalue weighted by molar-refractivity contribution is 0.0688. The zero-order chi connectivity index (χ0) is 11.7. The molecule has 1 aromatic rings. The molecule has 0 heterocycles. The Morgan fingerprint density at radius 2 is 2.31 bits per heavy atom. The summed E-state index contributed by atoms with van der Waals surface area (Å²) < 4.78 is 16.9. The van der Waals surface area contributed by atoms with Gasteiger partial charge in [-0.25, -0.2) is 9.18 Å². The Kier molecular flexibility index (Phi) is 3.01. The Labute approximate surface area is 96.8 Å². The number of carboxylic acid groups (broad SMARTS) is 1. The first-order valence-corrected chi connectivity index (χ1v) is 5.29. The summed E-state index contributed by atoms with van der Waals surface area (Å²) in [5, 5.41) is 9.28. The number of carboxylic acids is 1. The first-order valence-electron chi connectivity index (χ1n) is 4.91. The fourth-order valence-corrected chi connectivity index (χ4v) is 2.39. The molecule has 0 fully saturated rings. The van der Waals surface area contributed by atoms with Gasteiger partial charge in [0.05, 0.1) is 5.02 Å². The molecule has 0 saturated heterocycles. The van der Waals surface area contributed by atoms with Crippen LogP contribution in [0.4, 0.5) is 4.39 Å². The quantitative estimate of drug-likeness (QED) is 0.889. The van der Waals surface area contributed by atoms with E-state index in [9.17, 15) is 9.18 Å². The van der Waals surface area contributed by atoms with E-state index in [1.54, 1.807) is 6.07 Å². The normalized spacial score (nSPS) is 13.6. The zero-order valence-corrected chi connectivity index (χ0v) is 9.18. The summed E-state index contributed by atoms with van der Waals surface area (Å²) >= 11 is 5.88. The lowest BCUT2D eigenvalue weighted by Gasteiger charge is -2.12. The monoisotopic (exact) mass is 244 g/mol. The number of fused-ring (bicyclic) bond motifs is 1. The molecule has 86 valence electrons. The second kappa shape index (κ2) is 4.29. The van der Waals surface area contributed by atoms with Gasteiger partial charge in [0.25, 0.3) is 0 Å². The van der Waals surface area contributed by atoms with Crippen molar-refractivity contribution in [3.05, 3.63) is 27.8 Å². The molecule has 16 heavy (non-hydrogen) atoms. The number of hydrogen-bond acceptors (Lipinski definition) is 2. The van der Waals surface area contributed by atoms with Crippen LogP contribution >= 0.6 is 11.6 Å². The highest BCUT2D eigenvalue weighted by Gasteiger charge is 2.26. The lowest BCUT2D eigenvalue weighted by Crippen LogP contribution is -2.07. The Bertz CT molecular complexity index is 445. The van der Waals surface area contributed by atoms with E-state index in [0.717, 1.165) is 24.0 Å². The maximum Gasteiger partial charge on any atom is 0.339 e. The predicted octanol–water partition coefficient (Wildman–Crippen LogP) is 2.83. The van der Waals surface area contributed by atoms with Crippen LogP contribution in [0.3, 0.4) is 0 Å². The van der Waals surface area contributed by atoms with Gasteiger partial charge in [-0.3, -0.25) is 0 Å². The maximum atomic E-state index is 12.2. The summed E-state index contributed by atoms with van der Waals surface area (Å²) in [5.74, 6) is -1.18. The van der Waals surface area contributed by atoms with Crippen molar-refractivity contribution in [3.63, 3.8) is 0 Å². The molecule has 5 heteroatoms. The van der Waals surface area contributed by atoms with Crippen molar-refractivity contribution in [3.8, 4) is 5.75 Å². The Balaban J connectivity index is 2.63. The summed E-state index contributed by atoms with van der Waals surface area (Å²) in [6, 6.07) is 1.67. The summed E-state index contributed by atoms with van der Waals surface area (Å²) in [5.41, 5.74) is 1.66. The molecule has 0 amide bonds. The molecule has 3 nitrogen and oxygen atoms in total. The molecule has 2 rings (SSSR count). The van der Waals surface area contributed by atoms with Crippen LogP contribution in [0.5, 0.6) is 5.75 Å². The minimum absolute atomic E-state index is 0.0117. The number of carbonyl (C=O) groups is 1. The van der Waals surface area contributed by atoms with Gasteiger partial charge >= 0.3 is 5.97 Å². The Morgan fingerprint density at radius 3 is 2.94 bits per heavy atom. The van der Waals surface area contributed by atoms with E-state index in [2.05, 4.69) is 4.74 Å². The van der Waals surface area contributed by atoms with Crippen molar-refractivity contribution in [2.75, 3.05) is 6.86 Å². The van der Waals surface area contributed by atoms with E-state index >= 15 is 0 Å². The Hall–Kier alpha value is -1.29. The lowest BCUT2D eigenvalue weighted by atomic mass is 10.0. The highest BCUT2D eigenvalue weighted by atomic mass is 35.5. The molecular weight excluding hydrogens is 235 g/mol. The molecule has 0 saturated carbocycles. The van der Waals surface area contributed by atoms with Gasteiger partial charge in [0.1, 0.15) is 5.56 Å². The molecule has 0 unspecified atom stereocenters. The van der Waals surface area contributed by atoms with E-state index in [0.29, 0.717) is 6.42 Å². The van der Waals surface area contributed by atoms with Crippen molar-refractivity contribution >= 4 is 17.6 Å². The Morgan fingerprint density at radius 1 is 1.56 bits per heavy atom. The number of aryl methyl sites for hydroxylation is 1.